The van der Waals surface area contributed by atoms with Crippen molar-refractivity contribution < 1.29 is 13.2 Å². The molecule has 0 aliphatic heterocycles. The molecule has 1 aromatic rings. The molecule has 2 atom stereocenters. The Labute approximate surface area is 118 Å². The van der Waals surface area contributed by atoms with Gasteiger partial charge in [0.1, 0.15) is 0 Å². The Kier molecular flexibility index (Phi) is 4.43. The van der Waals surface area contributed by atoms with Crippen LogP contribution >= 0.6 is 0 Å². The normalized spacial score (nSPS) is 28.1. The summed E-state index contributed by atoms with van der Waals surface area (Å²) in [4.78, 5) is 0. The molecule has 2 N–H and O–H groups in total. The maximum atomic E-state index is 12.7. The van der Waals surface area contributed by atoms with Crippen molar-refractivity contribution >= 4 is 0 Å². The Morgan fingerprint density at radius 2 is 2.00 bits per heavy atom. The molecule has 4 heteroatoms. The molecule has 2 rings (SSSR count). The number of hydrogen-bond acceptors (Lipinski definition) is 1. The van der Waals surface area contributed by atoms with Crippen LogP contribution in [0, 0.1) is 5.92 Å². The van der Waals surface area contributed by atoms with Crippen molar-refractivity contribution in [3.63, 3.8) is 0 Å². The fraction of sp³-hybridized carbons (Fsp3) is 0.625. The van der Waals surface area contributed by atoms with Gasteiger partial charge in [0.15, 0.2) is 0 Å². The highest BCUT2D eigenvalue weighted by Gasteiger charge is 2.32. The van der Waals surface area contributed by atoms with Gasteiger partial charge in [-0.1, -0.05) is 38.0 Å². The molecule has 2 unspecified atom stereocenters. The van der Waals surface area contributed by atoms with Gasteiger partial charge < -0.3 is 5.73 Å². The number of halogens is 3. The van der Waals surface area contributed by atoms with Gasteiger partial charge in [0, 0.05) is 5.54 Å². The predicted octanol–water partition coefficient (Wildman–Crippen LogP) is 4.55. The predicted molar refractivity (Wildman–Crippen MR) is 74.3 cm³/mol. The second-order valence-corrected chi connectivity index (χ2v) is 6.27. The van der Waals surface area contributed by atoms with Crippen LogP contribution in [0.3, 0.4) is 0 Å². The Balaban J connectivity index is 2.12. The molecule has 112 valence electrons. The standard InChI is InChI=1S/C16H22F3N/c1-12-4-3-8-15(20,9-7-12)11-13-5-2-6-14(10-13)16(17,18)19/h2,5-6,10,12H,3-4,7-9,11,20H2,1H3. The van der Waals surface area contributed by atoms with Crippen molar-refractivity contribution in [2.45, 2.75) is 57.2 Å². The van der Waals surface area contributed by atoms with Crippen LogP contribution in [0.4, 0.5) is 13.2 Å². The minimum absolute atomic E-state index is 0.352. The van der Waals surface area contributed by atoms with Crippen molar-refractivity contribution in [3.8, 4) is 0 Å². The van der Waals surface area contributed by atoms with Gasteiger partial charge in [-0.25, -0.2) is 0 Å². The summed E-state index contributed by atoms with van der Waals surface area (Å²) in [6, 6.07) is 5.57. The smallest absolute Gasteiger partial charge is 0.325 e. The first kappa shape index (κ1) is 15.4. The van der Waals surface area contributed by atoms with E-state index in [1.807, 2.05) is 0 Å². The third-order valence-electron chi connectivity index (χ3n) is 4.32. The first-order valence-corrected chi connectivity index (χ1v) is 7.24. The average Bonchev–Trinajstić information content (AvgIpc) is 2.51. The van der Waals surface area contributed by atoms with Crippen molar-refractivity contribution in [1.29, 1.82) is 0 Å². The zero-order valence-electron chi connectivity index (χ0n) is 11.8. The van der Waals surface area contributed by atoms with E-state index in [-0.39, 0.29) is 5.54 Å². The van der Waals surface area contributed by atoms with Crippen molar-refractivity contribution in [2.24, 2.45) is 11.7 Å². The van der Waals surface area contributed by atoms with Crippen LogP contribution in [0.5, 0.6) is 0 Å². The molecule has 1 saturated carbocycles. The van der Waals surface area contributed by atoms with Crippen LogP contribution in [-0.4, -0.2) is 5.54 Å². The highest BCUT2D eigenvalue weighted by atomic mass is 19.4. The van der Waals surface area contributed by atoms with Crippen LogP contribution in [-0.2, 0) is 12.6 Å². The molecule has 0 aromatic heterocycles. The fourth-order valence-corrected chi connectivity index (χ4v) is 3.05. The van der Waals surface area contributed by atoms with Gasteiger partial charge in [-0.15, -0.1) is 0 Å². The van der Waals surface area contributed by atoms with Crippen LogP contribution in [0.15, 0.2) is 24.3 Å². The summed E-state index contributed by atoms with van der Waals surface area (Å²) >= 11 is 0. The Bertz CT molecular complexity index is 455. The summed E-state index contributed by atoms with van der Waals surface area (Å²) in [6.07, 6.45) is 1.34. The molecule has 1 nitrogen and oxygen atoms in total. The van der Waals surface area contributed by atoms with Crippen LogP contribution in [0.25, 0.3) is 0 Å². The van der Waals surface area contributed by atoms with E-state index < -0.39 is 11.7 Å². The van der Waals surface area contributed by atoms with Crippen LogP contribution < -0.4 is 5.73 Å². The maximum absolute atomic E-state index is 12.7. The molecular formula is C16H22F3N. The third kappa shape index (κ3) is 3.98. The minimum Gasteiger partial charge on any atom is -0.325 e. The lowest BCUT2D eigenvalue weighted by atomic mass is 9.84. The summed E-state index contributed by atoms with van der Waals surface area (Å²) in [7, 11) is 0. The van der Waals surface area contributed by atoms with Crippen LogP contribution in [0.1, 0.15) is 50.2 Å². The van der Waals surface area contributed by atoms with Gasteiger partial charge in [-0.2, -0.15) is 13.2 Å². The van der Waals surface area contributed by atoms with Crippen LogP contribution in [0.2, 0.25) is 0 Å². The largest absolute Gasteiger partial charge is 0.416 e. The van der Waals surface area contributed by atoms with Gasteiger partial charge in [-0.3, -0.25) is 0 Å². The Hall–Kier alpha value is -1.03. The van der Waals surface area contributed by atoms with E-state index in [1.54, 1.807) is 6.07 Å². The van der Waals surface area contributed by atoms with Gasteiger partial charge >= 0.3 is 6.18 Å². The van der Waals surface area contributed by atoms with E-state index >= 15 is 0 Å². The van der Waals surface area contributed by atoms with Gasteiger partial charge in [0.25, 0.3) is 0 Å². The lowest BCUT2D eigenvalue weighted by molar-refractivity contribution is -0.137. The van der Waals surface area contributed by atoms with E-state index in [4.69, 9.17) is 5.73 Å². The molecule has 0 bridgehead atoms. The maximum Gasteiger partial charge on any atom is 0.416 e. The van der Waals surface area contributed by atoms with Crippen molar-refractivity contribution in [1.82, 2.24) is 0 Å². The number of alkyl halides is 3. The molecule has 0 radical (unpaired) electrons. The van der Waals surface area contributed by atoms with Gasteiger partial charge in [0.05, 0.1) is 5.56 Å². The van der Waals surface area contributed by atoms with E-state index in [9.17, 15) is 13.2 Å². The fourth-order valence-electron chi connectivity index (χ4n) is 3.05. The highest BCUT2D eigenvalue weighted by Crippen LogP contribution is 2.33. The van der Waals surface area contributed by atoms with Crippen molar-refractivity contribution in [2.75, 3.05) is 0 Å². The SMILES string of the molecule is CC1CCCC(N)(Cc2cccc(C(F)(F)F)c2)CC1. The van der Waals surface area contributed by atoms with E-state index in [0.29, 0.717) is 17.9 Å². The Morgan fingerprint density at radius 3 is 2.70 bits per heavy atom. The molecule has 20 heavy (non-hydrogen) atoms. The van der Waals surface area contributed by atoms with Gasteiger partial charge in [0.2, 0.25) is 0 Å². The Morgan fingerprint density at radius 1 is 1.25 bits per heavy atom. The average molecular weight is 285 g/mol. The van der Waals surface area contributed by atoms with Gasteiger partial charge in [-0.05, 0) is 43.2 Å². The summed E-state index contributed by atoms with van der Waals surface area (Å²) in [5, 5.41) is 0. The number of nitrogens with two attached hydrogens (primary N) is 1. The second kappa shape index (κ2) is 5.76. The molecule has 0 amide bonds. The minimum atomic E-state index is -4.28. The van der Waals surface area contributed by atoms with E-state index in [0.717, 1.165) is 31.7 Å². The molecule has 1 aliphatic rings. The van der Waals surface area contributed by atoms with Crippen molar-refractivity contribution in [3.05, 3.63) is 35.4 Å². The number of benzene rings is 1. The molecule has 0 spiro atoms. The molecule has 0 saturated heterocycles. The summed E-state index contributed by atoms with van der Waals surface area (Å²) in [5.74, 6) is 0.668. The first-order chi connectivity index (χ1) is 9.28. The topological polar surface area (TPSA) is 26.0 Å². The van der Waals surface area contributed by atoms with E-state index in [2.05, 4.69) is 6.92 Å². The first-order valence-electron chi connectivity index (χ1n) is 7.24. The quantitative estimate of drug-likeness (QED) is 0.793. The lowest BCUT2D eigenvalue weighted by Gasteiger charge is -2.28. The molecule has 1 fully saturated rings. The monoisotopic (exact) mass is 285 g/mol. The number of hydrogen-bond donors (Lipinski definition) is 1. The lowest BCUT2D eigenvalue weighted by Crippen LogP contribution is -2.41. The highest BCUT2D eigenvalue weighted by molar-refractivity contribution is 5.27. The molecular weight excluding hydrogens is 263 g/mol. The zero-order chi connectivity index (χ0) is 14.8. The summed E-state index contributed by atoms with van der Waals surface area (Å²) < 4.78 is 38.2. The third-order valence-corrected chi connectivity index (χ3v) is 4.32. The molecule has 1 aliphatic carbocycles. The zero-order valence-corrected chi connectivity index (χ0v) is 11.8. The number of rotatable bonds is 2. The van der Waals surface area contributed by atoms with E-state index in [1.165, 1.54) is 18.6 Å². The molecule has 0 heterocycles. The summed E-state index contributed by atoms with van der Waals surface area (Å²) in [5.41, 5.74) is 6.19. The summed E-state index contributed by atoms with van der Waals surface area (Å²) in [6.45, 7) is 2.22. The second-order valence-electron chi connectivity index (χ2n) is 6.27. The molecule has 1 aromatic carbocycles.